The number of piperidine rings is 1. The summed E-state index contributed by atoms with van der Waals surface area (Å²) in [6.07, 6.45) is 12.4. The Kier molecular flexibility index (Phi) is 7.00. The van der Waals surface area contributed by atoms with Gasteiger partial charge in [0, 0.05) is 32.2 Å². The quantitative estimate of drug-likeness (QED) is 0.590. The summed E-state index contributed by atoms with van der Waals surface area (Å²) < 4.78 is 0. The van der Waals surface area contributed by atoms with Gasteiger partial charge in [0.2, 0.25) is 0 Å². The van der Waals surface area contributed by atoms with Crippen LogP contribution in [0.25, 0.3) is 0 Å². The molecule has 3 aliphatic rings. The van der Waals surface area contributed by atoms with Crippen LogP contribution in [0.1, 0.15) is 57.8 Å². The second-order valence-corrected chi connectivity index (χ2v) is 8.56. The Morgan fingerprint density at radius 1 is 1.00 bits per heavy atom. The maximum Gasteiger partial charge on any atom is 0.191 e. The van der Waals surface area contributed by atoms with Crippen LogP contribution in [0.4, 0.5) is 0 Å². The van der Waals surface area contributed by atoms with Gasteiger partial charge in [0.05, 0.1) is 0 Å². The number of likely N-dealkylation sites (tertiary alicyclic amines) is 2. The van der Waals surface area contributed by atoms with Crippen molar-refractivity contribution in [1.82, 2.24) is 20.4 Å². The zero-order chi connectivity index (χ0) is 17.5. The van der Waals surface area contributed by atoms with Gasteiger partial charge < -0.3 is 15.5 Å². The third-order valence-corrected chi connectivity index (χ3v) is 6.67. The molecule has 1 unspecified atom stereocenters. The van der Waals surface area contributed by atoms with Crippen molar-refractivity contribution in [3.05, 3.63) is 0 Å². The van der Waals surface area contributed by atoms with E-state index in [9.17, 15) is 0 Å². The lowest BCUT2D eigenvalue weighted by Crippen LogP contribution is -2.59. The molecule has 2 heterocycles. The minimum Gasteiger partial charge on any atom is -0.356 e. The molecule has 5 heteroatoms. The molecular weight excluding hydrogens is 310 g/mol. The second-order valence-electron chi connectivity index (χ2n) is 8.56. The molecule has 144 valence electrons. The van der Waals surface area contributed by atoms with Gasteiger partial charge in [-0.2, -0.15) is 0 Å². The zero-order valence-corrected chi connectivity index (χ0v) is 16.5. The van der Waals surface area contributed by atoms with E-state index in [2.05, 4.69) is 32.5 Å². The van der Waals surface area contributed by atoms with Crippen molar-refractivity contribution >= 4 is 5.96 Å². The number of hydrogen-bond donors (Lipinski definition) is 2. The van der Waals surface area contributed by atoms with Crippen LogP contribution in [-0.2, 0) is 0 Å². The van der Waals surface area contributed by atoms with Crippen molar-refractivity contribution in [2.75, 3.05) is 53.4 Å². The molecule has 0 amide bonds. The molecule has 2 saturated heterocycles. The van der Waals surface area contributed by atoms with Gasteiger partial charge in [-0.25, -0.2) is 0 Å². The average Bonchev–Trinajstić information content (AvgIpc) is 3.08. The van der Waals surface area contributed by atoms with Gasteiger partial charge in [0.1, 0.15) is 0 Å². The Morgan fingerprint density at radius 2 is 1.72 bits per heavy atom. The highest BCUT2D eigenvalue weighted by atomic mass is 15.3. The minimum absolute atomic E-state index is 0.365. The SMILES string of the molecule is CN=C(NCC1CCN(C)C1)NCC1(N2CCCCC2)CCCCC1. The smallest absolute Gasteiger partial charge is 0.191 e. The Labute approximate surface area is 154 Å². The van der Waals surface area contributed by atoms with E-state index < -0.39 is 0 Å². The highest BCUT2D eigenvalue weighted by Gasteiger charge is 2.38. The van der Waals surface area contributed by atoms with E-state index >= 15 is 0 Å². The average molecular weight is 350 g/mol. The summed E-state index contributed by atoms with van der Waals surface area (Å²) in [5.41, 5.74) is 0.365. The van der Waals surface area contributed by atoms with Crippen LogP contribution in [0.3, 0.4) is 0 Å². The second kappa shape index (κ2) is 9.22. The Hall–Kier alpha value is -0.810. The summed E-state index contributed by atoms with van der Waals surface area (Å²) in [5.74, 6) is 1.76. The third kappa shape index (κ3) is 5.10. The lowest BCUT2D eigenvalue weighted by atomic mass is 9.79. The zero-order valence-electron chi connectivity index (χ0n) is 16.5. The Balaban J connectivity index is 1.52. The summed E-state index contributed by atoms with van der Waals surface area (Å²) in [7, 11) is 4.13. The van der Waals surface area contributed by atoms with E-state index in [-0.39, 0.29) is 0 Å². The molecule has 3 rings (SSSR count). The fourth-order valence-corrected chi connectivity index (χ4v) is 5.09. The maximum atomic E-state index is 4.49. The molecule has 25 heavy (non-hydrogen) atoms. The molecule has 1 aliphatic carbocycles. The summed E-state index contributed by atoms with van der Waals surface area (Å²) in [5, 5.41) is 7.28. The molecule has 0 bridgehead atoms. The summed E-state index contributed by atoms with van der Waals surface area (Å²) in [4.78, 5) is 9.72. The van der Waals surface area contributed by atoms with Crippen LogP contribution in [0.15, 0.2) is 4.99 Å². The Bertz CT molecular complexity index is 424. The minimum atomic E-state index is 0.365. The number of hydrogen-bond acceptors (Lipinski definition) is 3. The van der Waals surface area contributed by atoms with Crippen molar-refractivity contribution in [3.8, 4) is 0 Å². The van der Waals surface area contributed by atoms with E-state index in [1.54, 1.807) is 0 Å². The summed E-state index contributed by atoms with van der Waals surface area (Å²) in [6.45, 7) is 7.13. The van der Waals surface area contributed by atoms with E-state index in [1.807, 2.05) is 7.05 Å². The third-order valence-electron chi connectivity index (χ3n) is 6.67. The largest absolute Gasteiger partial charge is 0.356 e. The summed E-state index contributed by atoms with van der Waals surface area (Å²) in [6, 6.07) is 0. The fourth-order valence-electron chi connectivity index (χ4n) is 5.09. The summed E-state index contributed by atoms with van der Waals surface area (Å²) >= 11 is 0. The van der Waals surface area contributed by atoms with Gasteiger partial charge in [-0.05, 0) is 64.7 Å². The molecule has 0 aromatic carbocycles. The Morgan fingerprint density at radius 3 is 2.36 bits per heavy atom. The fraction of sp³-hybridized carbons (Fsp3) is 0.950. The topological polar surface area (TPSA) is 42.9 Å². The molecule has 0 radical (unpaired) electrons. The highest BCUT2D eigenvalue weighted by Crippen LogP contribution is 2.35. The van der Waals surface area contributed by atoms with Crippen molar-refractivity contribution in [3.63, 3.8) is 0 Å². The highest BCUT2D eigenvalue weighted by molar-refractivity contribution is 5.79. The monoisotopic (exact) mass is 349 g/mol. The number of aliphatic imine (C=N–C) groups is 1. The van der Waals surface area contributed by atoms with Crippen molar-refractivity contribution in [1.29, 1.82) is 0 Å². The maximum absolute atomic E-state index is 4.49. The first-order valence-electron chi connectivity index (χ1n) is 10.6. The molecule has 1 atom stereocenters. The van der Waals surface area contributed by atoms with Crippen LogP contribution in [0.5, 0.6) is 0 Å². The molecule has 0 aromatic heterocycles. The molecule has 0 aromatic rings. The van der Waals surface area contributed by atoms with Gasteiger partial charge in [0.15, 0.2) is 5.96 Å². The molecule has 5 nitrogen and oxygen atoms in total. The molecular formula is C20H39N5. The van der Waals surface area contributed by atoms with Gasteiger partial charge in [-0.1, -0.05) is 25.7 Å². The van der Waals surface area contributed by atoms with Gasteiger partial charge >= 0.3 is 0 Å². The predicted molar refractivity (Wildman–Crippen MR) is 106 cm³/mol. The molecule has 1 saturated carbocycles. The van der Waals surface area contributed by atoms with Gasteiger partial charge in [-0.3, -0.25) is 9.89 Å². The van der Waals surface area contributed by atoms with Crippen LogP contribution >= 0.6 is 0 Å². The first-order valence-corrected chi connectivity index (χ1v) is 10.6. The van der Waals surface area contributed by atoms with E-state index in [4.69, 9.17) is 0 Å². The molecule has 2 aliphatic heterocycles. The van der Waals surface area contributed by atoms with Crippen molar-refractivity contribution in [2.24, 2.45) is 10.9 Å². The lowest BCUT2D eigenvalue weighted by Gasteiger charge is -2.48. The molecule has 0 spiro atoms. The number of nitrogens with zero attached hydrogens (tertiary/aromatic N) is 3. The first kappa shape index (κ1) is 19.0. The van der Waals surface area contributed by atoms with Gasteiger partial charge in [-0.15, -0.1) is 0 Å². The number of nitrogens with one attached hydrogen (secondary N) is 2. The van der Waals surface area contributed by atoms with Gasteiger partial charge in [0.25, 0.3) is 0 Å². The van der Waals surface area contributed by atoms with Crippen LogP contribution in [0, 0.1) is 5.92 Å². The predicted octanol–water partition coefficient (Wildman–Crippen LogP) is 2.29. The molecule has 3 fully saturated rings. The molecule has 2 N–H and O–H groups in total. The normalized spacial score (nSPS) is 28.9. The lowest BCUT2D eigenvalue weighted by molar-refractivity contribution is 0.0368. The first-order chi connectivity index (χ1) is 12.2. The standard InChI is InChI=1S/C20H39N5/c1-21-19(22-15-18-9-14-24(2)16-18)23-17-20(10-5-3-6-11-20)25-12-7-4-8-13-25/h18H,3-17H2,1-2H3,(H2,21,22,23). The number of guanidine groups is 1. The van der Waals surface area contributed by atoms with E-state index in [0.717, 1.165) is 25.0 Å². The van der Waals surface area contributed by atoms with E-state index in [0.29, 0.717) is 5.54 Å². The van der Waals surface area contributed by atoms with Crippen molar-refractivity contribution in [2.45, 2.75) is 63.3 Å². The van der Waals surface area contributed by atoms with Crippen LogP contribution in [0.2, 0.25) is 0 Å². The van der Waals surface area contributed by atoms with Crippen molar-refractivity contribution < 1.29 is 0 Å². The number of rotatable bonds is 5. The van der Waals surface area contributed by atoms with E-state index in [1.165, 1.54) is 84.0 Å². The van der Waals surface area contributed by atoms with Crippen LogP contribution in [-0.4, -0.2) is 74.7 Å². The van der Waals surface area contributed by atoms with Crippen LogP contribution < -0.4 is 10.6 Å².